The molecule has 1 amide bonds. The lowest BCUT2D eigenvalue weighted by atomic mass is 10.0. The Balaban J connectivity index is 1.55. The third kappa shape index (κ3) is 4.22. The number of carbonyl (C=O) groups excluding carboxylic acids is 1. The Hall–Kier alpha value is -1.00. The lowest BCUT2D eigenvalue weighted by Crippen LogP contribution is -2.54. The minimum Gasteiger partial charge on any atom is -0.339 e. The molecule has 0 radical (unpaired) electrons. The van der Waals surface area contributed by atoms with Crippen LogP contribution in [0.15, 0.2) is 28.7 Å². The highest BCUT2D eigenvalue weighted by Crippen LogP contribution is 2.25. The van der Waals surface area contributed by atoms with Crippen LogP contribution in [0.2, 0.25) is 0 Å². The molecule has 25 heavy (non-hydrogen) atoms. The van der Waals surface area contributed by atoms with Crippen molar-refractivity contribution in [1.82, 2.24) is 20.1 Å². The molecular formula is C16H23BrN4O3S. The quantitative estimate of drug-likeness (QED) is 0.739. The number of sulfonamides is 1. The van der Waals surface area contributed by atoms with Crippen molar-refractivity contribution in [3.8, 4) is 0 Å². The third-order valence-electron chi connectivity index (χ3n) is 4.78. The highest BCUT2D eigenvalue weighted by Gasteiger charge is 2.35. The minimum atomic E-state index is -3.17. The molecule has 1 aromatic carbocycles. The average Bonchev–Trinajstić information content (AvgIpc) is 3.12. The van der Waals surface area contributed by atoms with E-state index < -0.39 is 10.0 Å². The van der Waals surface area contributed by atoms with Crippen LogP contribution in [-0.4, -0.2) is 61.5 Å². The number of carbonyl (C=O) groups is 1. The third-order valence-corrected chi connectivity index (χ3v) is 7.19. The second-order valence-corrected chi connectivity index (χ2v) is 9.48. The van der Waals surface area contributed by atoms with Crippen LogP contribution in [0.4, 0.5) is 0 Å². The molecular weight excluding hydrogens is 408 g/mol. The first kappa shape index (κ1) is 18.8. The van der Waals surface area contributed by atoms with Gasteiger partial charge in [0.2, 0.25) is 15.9 Å². The fourth-order valence-electron chi connectivity index (χ4n) is 3.22. The number of hydrogen-bond donors (Lipinski definition) is 2. The van der Waals surface area contributed by atoms with Crippen LogP contribution in [0.5, 0.6) is 0 Å². The number of nitrogens with one attached hydrogen (secondary N) is 2. The Kier molecular flexibility index (Phi) is 5.79. The van der Waals surface area contributed by atoms with Gasteiger partial charge in [0.15, 0.2) is 0 Å². The van der Waals surface area contributed by atoms with Gasteiger partial charge in [0, 0.05) is 36.7 Å². The van der Waals surface area contributed by atoms with Gasteiger partial charge in [-0.2, -0.15) is 4.31 Å². The van der Waals surface area contributed by atoms with Gasteiger partial charge in [-0.15, -0.1) is 0 Å². The number of rotatable bonds is 4. The van der Waals surface area contributed by atoms with Crippen molar-refractivity contribution in [2.45, 2.75) is 25.4 Å². The first-order valence-corrected chi connectivity index (χ1v) is 10.8. The van der Waals surface area contributed by atoms with E-state index >= 15 is 0 Å². The van der Waals surface area contributed by atoms with E-state index in [4.69, 9.17) is 0 Å². The van der Waals surface area contributed by atoms with Gasteiger partial charge in [0.1, 0.15) is 6.04 Å². The molecule has 0 spiro atoms. The summed E-state index contributed by atoms with van der Waals surface area (Å²) < 4.78 is 26.3. The molecule has 2 saturated heterocycles. The molecule has 2 fully saturated rings. The molecule has 0 aromatic heterocycles. The van der Waals surface area contributed by atoms with Crippen molar-refractivity contribution in [3.63, 3.8) is 0 Å². The highest BCUT2D eigenvalue weighted by atomic mass is 79.9. The van der Waals surface area contributed by atoms with Crippen LogP contribution >= 0.6 is 15.9 Å². The summed E-state index contributed by atoms with van der Waals surface area (Å²) in [7, 11) is -3.17. The Morgan fingerprint density at radius 3 is 2.40 bits per heavy atom. The molecule has 0 aliphatic carbocycles. The number of benzene rings is 1. The summed E-state index contributed by atoms with van der Waals surface area (Å²) in [6.07, 6.45) is 0.675. The maximum Gasteiger partial charge on any atom is 0.241 e. The summed E-state index contributed by atoms with van der Waals surface area (Å²) in [5.74, 6) is 0.129. The fraction of sp³-hybridized carbons (Fsp3) is 0.562. The zero-order valence-electron chi connectivity index (χ0n) is 14.1. The Morgan fingerprint density at radius 1 is 1.16 bits per heavy atom. The number of hydrogen-bond acceptors (Lipinski definition) is 5. The van der Waals surface area contributed by atoms with Gasteiger partial charge < -0.3 is 4.90 Å². The van der Waals surface area contributed by atoms with Gasteiger partial charge in [0.05, 0.1) is 5.75 Å². The molecule has 7 nitrogen and oxygen atoms in total. The second-order valence-electron chi connectivity index (χ2n) is 6.31. The summed E-state index contributed by atoms with van der Waals surface area (Å²) in [6, 6.07) is 7.83. The lowest BCUT2D eigenvalue weighted by Gasteiger charge is -2.35. The topological polar surface area (TPSA) is 81.8 Å². The molecule has 1 aromatic rings. The number of halogens is 1. The Morgan fingerprint density at radius 2 is 1.80 bits per heavy atom. The lowest BCUT2D eigenvalue weighted by molar-refractivity contribution is -0.134. The fourth-order valence-corrected chi connectivity index (χ4v) is 4.57. The Labute approximate surface area is 156 Å². The number of amides is 1. The molecule has 2 unspecified atom stereocenters. The second kappa shape index (κ2) is 7.71. The minimum absolute atomic E-state index is 0.0284. The zero-order valence-corrected chi connectivity index (χ0v) is 16.5. The maximum atomic E-state index is 12.7. The van der Waals surface area contributed by atoms with Gasteiger partial charge in [-0.05, 0) is 31.0 Å². The predicted molar refractivity (Wildman–Crippen MR) is 99.2 cm³/mol. The molecule has 2 aliphatic heterocycles. The van der Waals surface area contributed by atoms with Crippen LogP contribution in [0.3, 0.4) is 0 Å². The van der Waals surface area contributed by atoms with Crippen LogP contribution in [-0.2, 0) is 14.8 Å². The summed E-state index contributed by atoms with van der Waals surface area (Å²) in [6.45, 7) is 3.28. The first-order chi connectivity index (χ1) is 11.9. The van der Waals surface area contributed by atoms with Gasteiger partial charge in [-0.3, -0.25) is 4.79 Å². The smallest absolute Gasteiger partial charge is 0.241 e. The van der Waals surface area contributed by atoms with E-state index in [9.17, 15) is 13.2 Å². The number of piperazine rings is 1. The normalized spacial score (nSPS) is 25.3. The van der Waals surface area contributed by atoms with E-state index in [-0.39, 0.29) is 23.7 Å². The van der Waals surface area contributed by atoms with Crippen molar-refractivity contribution < 1.29 is 13.2 Å². The molecule has 3 rings (SSSR count). The molecule has 138 valence electrons. The van der Waals surface area contributed by atoms with E-state index in [1.807, 2.05) is 24.3 Å². The van der Waals surface area contributed by atoms with E-state index in [0.29, 0.717) is 32.6 Å². The van der Waals surface area contributed by atoms with E-state index in [2.05, 4.69) is 26.8 Å². The van der Waals surface area contributed by atoms with Crippen LogP contribution in [0, 0.1) is 0 Å². The molecule has 2 N–H and O–H groups in total. The van der Waals surface area contributed by atoms with Crippen molar-refractivity contribution in [3.05, 3.63) is 34.3 Å². The van der Waals surface area contributed by atoms with Gasteiger partial charge in [-0.25, -0.2) is 19.3 Å². The summed E-state index contributed by atoms with van der Waals surface area (Å²) in [4.78, 5) is 14.5. The summed E-state index contributed by atoms with van der Waals surface area (Å²) in [5, 5.41) is 0. The van der Waals surface area contributed by atoms with E-state index in [1.54, 1.807) is 11.8 Å². The van der Waals surface area contributed by atoms with Crippen LogP contribution in [0.25, 0.3) is 0 Å². The van der Waals surface area contributed by atoms with Crippen molar-refractivity contribution >= 4 is 31.9 Å². The largest absolute Gasteiger partial charge is 0.339 e. The van der Waals surface area contributed by atoms with Gasteiger partial charge >= 0.3 is 0 Å². The molecule has 2 atom stereocenters. The molecule has 2 aliphatic rings. The monoisotopic (exact) mass is 430 g/mol. The Bertz CT molecular complexity index is 717. The van der Waals surface area contributed by atoms with Crippen molar-refractivity contribution in [2.75, 3.05) is 31.9 Å². The van der Waals surface area contributed by atoms with E-state index in [1.165, 1.54) is 4.31 Å². The molecule has 0 saturated carbocycles. The van der Waals surface area contributed by atoms with Gasteiger partial charge in [0.25, 0.3) is 0 Å². The summed E-state index contributed by atoms with van der Waals surface area (Å²) in [5.41, 5.74) is 7.40. The standard InChI is InChI=1S/C16H23BrN4O3S/c1-2-25(23,24)21-9-7-20(8-10-21)16(22)15-11-14(18-19-15)12-3-5-13(17)6-4-12/h3-6,14-15,18-19H,2,7-11H2,1H3. The zero-order chi connectivity index (χ0) is 18.0. The van der Waals surface area contributed by atoms with Crippen LogP contribution in [0.1, 0.15) is 24.9 Å². The highest BCUT2D eigenvalue weighted by molar-refractivity contribution is 9.10. The predicted octanol–water partition coefficient (Wildman–Crippen LogP) is 0.851. The summed E-state index contributed by atoms with van der Waals surface area (Å²) >= 11 is 3.42. The van der Waals surface area contributed by atoms with Crippen molar-refractivity contribution in [2.24, 2.45) is 0 Å². The van der Waals surface area contributed by atoms with Gasteiger partial charge in [-0.1, -0.05) is 28.1 Å². The number of nitrogens with zero attached hydrogens (tertiary/aromatic N) is 2. The SMILES string of the molecule is CCS(=O)(=O)N1CCN(C(=O)C2CC(c3ccc(Br)cc3)NN2)CC1. The average molecular weight is 431 g/mol. The van der Waals surface area contributed by atoms with Crippen LogP contribution < -0.4 is 10.9 Å². The molecule has 0 bridgehead atoms. The molecule has 2 heterocycles. The number of hydrazine groups is 1. The van der Waals surface area contributed by atoms with Crippen molar-refractivity contribution in [1.29, 1.82) is 0 Å². The first-order valence-electron chi connectivity index (χ1n) is 8.44. The van der Waals surface area contributed by atoms with E-state index in [0.717, 1.165) is 10.0 Å². The maximum absolute atomic E-state index is 12.7. The molecule has 9 heteroatoms.